The van der Waals surface area contributed by atoms with Crippen LogP contribution in [0.15, 0.2) is 30.3 Å². The molecule has 0 bridgehead atoms. The van der Waals surface area contributed by atoms with Crippen molar-refractivity contribution in [1.82, 2.24) is 4.57 Å². The standard InChI is InChI=1S/C20H25NO/c1-4-5-10-21-18(16-8-6-14(2)7-9-16)13-17-19(21)11-15(3)12-20(17)22/h6-9,13,15H,4-5,10-12H2,1-3H3. The Morgan fingerprint density at radius 1 is 1.18 bits per heavy atom. The van der Waals surface area contributed by atoms with Crippen molar-refractivity contribution in [3.63, 3.8) is 0 Å². The van der Waals surface area contributed by atoms with E-state index in [1.165, 1.54) is 28.9 Å². The zero-order chi connectivity index (χ0) is 15.7. The number of carbonyl (C=O) groups is 1. The minimum atomic E-state index is 0.317. The first-order valence-corrected chi connectivity index (χ1v) is 8.42. The SMILES string of the molecule is CCCCn1c(-c2ccc(C)cc2)cc2c1CC(C)CC2=O. The zero-order valence-corrected chi connectivity index (χ0v) is 13.9. The summed E-state index contributed by atoms with van der Waals surface area (Å²) in [4.78, 5) is 12.4. The summed E-state index contributed by atoms with van der Waals surface area (Å²) in [6, 6.07) is 10.8. The highest BCUT2D eigenvalue weighted by molar-refractivity contribution is 5.99. The molecule has 0 N–H and O–H groups in total. The van der Waals surface area contributed by atoms with E-state index in [4.69, 9.17) is 0 Å². The summed E-state index contributed by atoms with van der Waals surface area (Å²) in [6.45, 7) is 7.52. The molecule has 116 valence electrons. The highest BCUT2D eigenvalue weighted by Crippen LogP contribution is 2.33. The van der Waals surface area contributed by atoms with Gasteiger partial charge in [0.2, 0.25) is 0 Å². The Hall–Kier alpha value is -1.83. The number of unbranched alkanes of at least 4 members (excludes halogenated alkanes) is 1. The number of hydrogen-bond acceptors (Lipinski definition) is 1. The van der Waals surface area contributed by atoms with E-state index in [0.717, 1.165) is 24.9 Å². The lowest BCUT2D eigenvalue weighted by molar-refractivity contribution is 0.0952. The fourth-order valence-corrected chi connectivity index (χ4v) is 3.41. The Morgan fingerprint density at radius 3 is 2.59 bits per heavy atom. The summed E-state index contributed by atoms with van der Waals surface area (Å²) in [7, 11) is 0. The summed E-state index contributed by atoms with van der Waals surface area (Å²) in [5.41, 5.74) is 5.92. The van der Waals surface area contributed by atoms with Gasteiger partial charge in [0, 0.05) is 29.9 Å². The fraction of sp³-hybridized carbons (Fsp3) is 0.450. The molecule has 2 aromatic rings. The third-order valence-electron chi connectivity index (χ3n) is 4.67. The molecular weight excluding hydrogens is 270 g/mol. The van der Waals surface area contributed by atoms with Gasteiger partial charge in [-0.2, -0.15) is 0 Å². The van der Waals surface area contributed by atoms with Crippen molar-refractivity contribution in [2.45, 2.75) is 53.0 Å². The summed E-state index contributed by atoms with van der Waals surface area (Å²) in [5.74, 6) is 0.776. The van der Waals surface area contributed by atoms with Gasteiger partial charge in [-0.05, 0) is 37.3 Å². The molecule has 1 unspecified atom stereocenters. The fourth-order valence-electron chi connectivity index (χ4n) is 3.41. The van der Waals surface area contributed by atoms with Crippen molar-refractivity contribution in [2.24, 2.45) is 5.92 Å². The number of ketones is 1. The Morgan fingerprint density at radius 2 is 1.91 bits per heavy atom. The summed E-state index contributed by atoms with van der Waals surface area (Å²) < 4.78 is 2.40. The Balaban J connectivity index is 2.10. The molecule has 0 radical (unpaired) electrons. The van der Waals surface area contributed by atoms with Crippen LogP contribution in [0.3, 0.4) is 0 Å². The van der Waals surface area contributed by atoms with E-state index in [1.807, 2.05) is 0 Å². The van der Waals surface area contributed by atoms with E-state index in [9.17, 15) is 4.79 Å². The zero-order valence-electron chi connectivity index (χ0n) is 13.9. The molecular formula is C20H25NO. The monoisotopic (exact) mass is 295 g/mol. The highest BCUT2D eigenvalue weighted by Gasteiger charge is 2.27. The molecule has 0 spiro atoms. The van der Waals surface area contributed by atoms with E-state index in [0.29, 0.717) is 18.1 Å². The Labute approximate surface area is 133 Å². The van der Waals surface area contributed by atoms with Gasteiger partial charge in [0.25, 0.3) is 0 Å². The molecule has 2 nitrogen and oxygen atoms in total. The molecule has 0 saturated heterocycles. The summed E-state index contributed by atoms with van der Waals surface area (Å²) in [6.07, 6.45) is 4.04. The first-order valence-electron chi connectivity index (χ1n) is 8.42. The van der Waals surface area contributed by atoms with Crippen molar-refractivity contribution in [1.29, 1.82) is 0 Å². The lowest BCUT2D eigenvalue weighted by atomic mass is 9.88. The third-order valence-corrected chi connectivity index (χ3v) is 4.67. The van der Waals surface area contributed by atoms with Crippen LogP contribution in [-0.2, 0) is 13.0 Å². The van der Waals surface area contributed by atoms with Crippen LogP contribution >= 0.6 is 0 Å². The smallest absolute Gasteiger partial charge is 0.164 e. The number of benzene rings is 1. The molecule has 1 aliphatic rings. The maximum atomic E-state index is 12.4. The van der Waals surface area contributed by atoms with Crippen LogP contribution in [0.4, 0.5) is 0 Å². The van der Waals surface area contributed by atoms with Gasteiger partial charge in [-0.3, -0.25) is 4.79 Å². The molecule has 0 amide bonds. The van der Waals surface area contributed by atoms with Crippen molar-refractivity contribution in [3.05, 3.63) is 47.2 Å². The number of carbonyl (C=O) groups excluding carboxylic acids is 1. The van der Waals surface area contributed by atoms with Gasteiger partial charge in [-0.1, -0.05) is 50.1 Å². The van der Waals surface area contributed by atoms with Gasteiger partial charge in [-0.25, -0.2) is 0 Å². The molecule has 1 heterocycles. The molecule has 1 atom stereocenters. The maximum Gasteiger partial charge on any atom is 0.164 e. The van der Waals surface area contributed by atoms with Gasteiger partial charge in [0.1, 0.15) is 0 Å². The van der Waals surface area contributed by atoms with Gasteiger partial charge in [-0.15, -0.1) is 0 Å². The number of Topliss-reactive ketones (excluding diaryl/α,β-unsaturated/α-hetero) is 1. The minimum absolute atomic E-state index is 0.317. The minimum Gasteiger partial charge on any atom is -0.344 e. The predicted octanol–water partition coefficient (Wildman–Crippen LogP) is 5.03. The highest BCUT2D eigenvalue weighted by atomic mass is 16.1. The molecule has 1 aromatic carbocycles. The Kier molecular flexibility index (Phi) is 4.19. The molecule has 1 aliphatic carbocycles. The van der Waals surface area contributed by atoms with E-state index >= 15 is 0 Å². The molecule has 1 aromatic heterocycles. The molecule has 0 aliphatic heterocycles. The average Bonchev–Trinajstić information content (AvgIpc) is 2.85. The van der Waals surface area contributed by atoms with Crippen molar-refractivity contribution < 1.29 is 4.79 Å². The molecule has 22 heavy (non-hydrogen) atoms. The number of nitrogens with zero attached hydrogens (tertiary/aromatic N) is 1. The van der Waals surface area contributed by atoms with E-state index in [-0.39, 0.29) is 0 Å². The quantitative estimate of drug-likeness (QED) is 0.775. The molecule has 2 heteroatoms. The number of rotatable bonds is 4. The summed E-state index contributed by atoms with van der Waals surface area (Å²) >= 11 is 0. The van der Waals surface area contributed by atoms with E-state index in [2.05, 4.69) is 55.7 Å². The van der Waals surface area contributed by atoms with Crippen LogP contribution in [0.2, 0.25) is 0 Å². The van der Waals surface area contributed by atoms with Crippen LogP contribution < -0.4 is 0 Å². The van der Waals surface area contributed by atoms with Gasteiger partial charge < -0.3 is 4.57 Å². The largest absolute Gasteiger partial charge is 0.344 e. The van der Waals surface area contributed by atoms with Crippen molar-refractivity contribution >= 4 is 5.78 Å². The normalized spacial score (nSPS) is 17.6. The number of aromatic nitrogens is 1. The molecule has 3 rings (SSSR count). The lowest BCUT2D eigenvalue weighted by Crippen LogP contribution is -2.19. The van der Waals surface area contributed by atoms with Crippen LogP contribution in [0.1, 0.15) is 54.7 Å². The summed E-state index contributed by atoms with van der Waals surface area (Å²) in [5, 5.41) is 0. The number of aryl methyl sites for hydroxylation is 1. The van der Waals surface area contributed by atoms with Gasteiger partial charge in [0.15, 0.2) is 5.78 Å². The van der Waals surface area contributed by atoms with E-state index < -0.39 is 0 Å². The topological polar surface area (TPSA) is 22.0 Å². The number of fused-ring (bicyclic) bond motifs is 1. The van der Waals surface area contributed by atoms with Crippen LogP contribution in [0.5, 0.6) is 0 Å². The van der Waals surface area contributed by atoms with Crippen molar-refractivity contribution in [2.75, 3.05) is 0 Å². The second kappa shape index (κ2) is 6.12. The first kappa shape index (κ1) is 15.1. The second-order valence-electron chi connectivity index (χ2n) is 6.70. The van der Waals surface area contributed by atoms with Crippen LogP contribution in [-0.4, -0.2) is 10.4 Å². The van der Waals surface area contributed by atoms with Crippen molar-refractivity contribution in [3.8, 4) is 11.3 Å². The third kappa shape index (κ3) is 2.75. The van der Waals surface area contributed by atoms with Crippen LogP contribution in [0, 0.1) is 12.8 Å². The van der Waals surface area contributed by atoms with E-state index in [1.54, 1.807) is 0 Å². The predicted molar refractivity (Wildman–Crippen MR) is 91.3 cm³/mol. The average molecular weight is 295 g/mol. The van der Waals surface area contributed by atoms with Gasteiger partial charge in [0.05, 0.1) is 0 Å². The Bertz CT molecular complexity index is 678. The van der Waals surface area contributed by atoms with Crippen LogP contribution in [0.25, 0.3) is 11.3 Å². The number of hydrogen-bond donors (Lipinski definition) is 0. The molecule has 0 fully saturated rings. The maximum absolute atomic E-state index is 12.4. The lowest BCUT2D eigenvalue weighted by Gasteiger charge is -2.21. The van der Waals surface area contributed by atoms with Gasteiger partial charge >= 0.3 is 0 Å². The first-order chi connectivity index (χ1) is 10.6. The second-order valence-corrected chi connectivity index (χ2v) is 6.70. The molecule has 0 saturated carbocycles.